The molecule has 0 radical (unpaired) electrons. The van der Waals surface area contributed by atoms with E-state index in [1.807, 2.05) is 37.3 Å². The molecule has 0 aliphatic heterocycles. The van der Waals surface area contributed by atoms with Crippen LogP contribution in [-0.4, -0.2) is 11.6 Å². The molecule has 3 rings (SSSR count). The number of para-hydroxylation sites is 1. The monoisotopic (exact) mass is 223 g/mol. The van der Waals surface area contributed by atoms with Gasteiger partial charge in [0.25, 0.3) is 0 Å². The third kappa shape index (κ3) is 1.82. The fourth-order valence-electron chi connectivity index (χ4n) is 2.01. The molecular weight excluding hydrogens is 210 g/mol. The highest BCUT2D eigenvalue weighted by atomic mass is 16.5. The third-order valence-corrected chi connectivity index (χ3v) is 2.80. The number of rotatable bonds is 2. The van der Waals surface area contributed by atoms with Gasteiger partial charge in [0, 0.05) is 16.8 Å². The fraction of sp³-hybridized carbons (Fsp3) is 0.133. The number of nitrogens with zero attached hydrogens (tertiary/aromatic N) is 1. The Labute approximate surface area is 99.9 Å². The molecule has 0 spiro atoms. The van der Waals surface area contributed by atoms with Crippen LogP contribution in [0.25, 0.3) is 21.8 Å². The zero-order chi connectivity index (χ0) is 11.7. The summed E-state index contributed by atoms with van der Waals surface area (Å²) >= 11 is 0. The first-order valence-electron chi connectivity index (χ1n) is 5.79. The van der Waals surface area contributed by atoms with Gasteiger partial charge in [0.05, 0.1) is 17.6 Å². The van der Waals surface area contributed by atoms with E-state index in [9.17, 15) is 0 Å². The standard InChI is InChI=1S/C15H13NO/c1-2-17-13-8-7-12-9-11-5-3-4-6-14(11)16-15(12)10-13/h3-10H,2H2,1H3. The molecule has 2 aromatic carbocycles. The number of hydrogen-bond donors (Lipinski definition) is 0. The molecule has 0 N–H and O–H groups in total. The Bertz CT molecular complexity index is 676. The Morgan fingerprint density at radius 3 is 2.65 bits per heavy atom. The average molecular weight is 223 g/mol. The van der Waals surface area contributed by atoms with Gasteiger partial charge in [0.1, 0.15) is 5.75 Å². The van der Waals surface area contributed by atoms with E-state index in [-0.39, 0.29) is 0 Å². The van der Waals surface area contributed by atoms with Crippen molar-refractivity contribution in [3.8, 4) is 5.75 Å². The lowest BCUT2D eigenvalue weighted by atomic mass is 10.1. The Morgan fingerprint density at radius 1 is 0.941 bits per heavy atom. The van der Waals surface area contributed by atoms with E-state index in [0.717, 1.165) is 22.2 Å². The Kier molecular flexibility index (Phi) is 2.41. The van der Waals surface area contributed by atoms with Gasteiger partial charge in [-0.05, 0) is 31.2 Å². The quantitative estimate of drug-likeness (QED) is 0.617. The lowest BCUT2D eigenvalue weighted by Gasteiger charge is -2.05. The highest BCUT2D eigenvalue weighted by molar-refractivity contribution is 5.93. The predicted molar refractivity (Wildman–Crippen MR) is 70.4 cm³/mol. The van der Waals surface area contributed by atoms with Crippen LogP contribution in [0.1, 0.15) is 6.92 Å². The van der Waals surface area contributed by atoms with Crippen molar-refractivity contribution in [3.05, 3.63) is 48.5 Å². The van der Waals surface area contributed by atoms with Gasteiger partial charge in [0.15, 0.2) is 0 Å². The van der Waals surface area contributed by atoms with Crippen molar-refractivity contribution in [3.63, 3.8) is 0 Å². The number of aromatic nitrogens is 1. The second-order valence-electron chi connectivity index (χ2n) is 3.97. The van der Waals surface area contributed by atoms with Gasteiger partial charge in [-0.1, -0.05) is 18.2 Å². The van der Waals surface area contributed by atoms with Gasteiger partial charge in [-0.25, -0.2) is 4.98 Å². The molecule has 0 aliphatic carbocycles. The van der Waals surface area contributed by atoms with Crippen molar-refractivity contribution in [2.45, 2.75) is 6.92 Å². The third-order valence-electron chi connectivity index (χ3n) is 2.80. The average Bonchev–Trinajstić information content (AvgIpc) is 2.36. The summed E-state index contributed by atoms with van der Waals surface area (Å²) in [4.78, 5) is 4.64. The molecule has 1 aromatic heterocycles. The minimum absolute atomic E-state index is 0.680. The summed E-state index contributed by atoms with van der Waals surface area (Å²) in [5.41, 5.74) is 2.00. The number of hydrogen-bond acceptors (Lipinski definition) is 2. The van der Waals surface area contributed by atoms with E-state index >= 15 is 0 Å². The highest BCUT2D eigenvalue weighted by Crippen LogP contribution is 2.23. The molecule has 0 fully saturated rings. The lowest BCUT2D eigenvalue weighted by Crippen LogP contribution is -1.91. The van der Waals surface area contributed by atoms with Crippen molar-refractivity contribution in [2.75, 3.05) is 6.61 Å². The predicted octanol–water partition coefficient (Wildman–Crippen LogP) is 3.79. The van der Waals surface area contributed by atoms with Crippen LogP contribution in [-0.2, 0) is 0 Å². The topological polar surface area (TPSA) is 22.1 Å². The molecule has 17 heavy (non-hydrogen) atoms. The van der Waals surface area contributed by atoms with Crippen molar-refractivity contribution < 1.29 is 4.74 Å². The molecule has 0 aliphatic rings. The van der Waals surface area contributed by atoms with Crippen LogP contribution in [0.5, 0.6) is 5.75 Å². The Morgan fingerprint density at radius 2 is 1.76 bits per heavy atom. The van der Waals surface area contributed by atoms with E-state index in [4.69, 9.17) is 4.74 Å². The summed E-state index contributed by atoms with van der Waals surface area (Å²) in [6.07, 6.45) is 0. The summed E-state index contributed by atoms with van der Waals surface area (Å²) in [5, 5.41) is 2.32. The summed E-state index contributed by atoms with van der Waals surface area (Å²) < 4.78 is 5.49. The van der Waals surface area contributed by atoms with E-state index in [0.29, 0.717) is 6.61 Å². The largest absolute Gasteiger partial charge is 0.494 e. The normalized spacial score (nSPS) is 10.9. The van der Waals surface area contributed by atoms with E-state index in [1.165, 1.54) is 5.39 Å². The highest BCUT2D eigenvalue weighted by Gasteiger charge is 2.01. The summed E-state index contributed by atoms with van der Waals surface area (Å²) in [6, 6.07) is 16.3. The second-order valence-corrected chi connectivity index (χ2v) is 3.97. The maximum absolute atomic E-state index is 5.49. The van der Waals surface area contributed by atoms with Gasteiger partial charge in [-0.2, -0.15) is 0 Å². The zero-order valence-electron chi connectivity index (χ0n) is 9.68. The van der Waals surface area contributed by atoms with Crippen molar-refractivity contribution >= 4 is 21.8 Å². The van der Waals surface area contributed by atoms with E-state index < -0.39 is 0 Å². The first-order chi connectivity index (χ1) is 8.36. The van der Waals surface area contributed by atoms with Crippen LogP contribution >= 0.6 is 0 Å². The van der Waals surface area contributed by atoms with Crippen molar-refractivity contribution in [2.24, 2.45) is 0 Å². The van der Waals surface area contributed by atoms with Crippen LogP contribution in [0.3, 0.4) is 0 Å². The van der Waals surface area contributed by atoms with Crippen molar-refractivity contribution in [1.82, 2.24) is 4.98 Å². The van der Waals surface area contributed by atoms with E-state index in [2.05, 4.69) is 23.2 Å². The van der Waals surface area contributed by atoms with Crippen LogP contribution in [0.4, 0.5) is 0 Å². The van der Waals surface area contributed by atoms with E-state index in [1.54, 1.807) is 0 Å². The molecule has 1 heterocycles. The molecule has 3 aromatic rings. The number of ether oxygens (including phenoxy) is 1. The first-order valence-corrected chi connectivity index (χ1v) is 5.79. The van der Waals surface area contributed by atoms with Crippen LogP contribution in [0, 0.1) is 0 Å². The number of benzene rings is 2. The molecule has 2 nitrogen and oxygen atoms in total. The molecular formula is C15H13NO. The minimum Gasteiger partial charge on any atom is -0.494 e. The molecule has 0 unspecified atom stereocenters. The zero-order valence-corrected chi connectivity index (χ0v) is 9.68. The fourth-order valence-corrected chi connectivity index (χ4v) is 2.01. The van der Waals surface area contributed by atoms with Crippen molar-refractivity contribution in [1.29, 1.82) is 0 Å². The maximum atomic E-state index is 5.49. The molecule has 2 heteroatoms. The van der Waals surface area contributed by atoms with Gasteiger partial charge in [-0.3, -0.25) is 0 Å². The second kappa shape index (κ2) is 4.06. The van der Waals surface area contributed by atoms with Gasteiger partial charge in [0.2, 0.25) is 0 Å². The number of pyridine rings is 1. The van der Waals surface area contributed by atoms with Crippen LogP contribution < -0.4 is 4.74 Å². The summed E-state index contributed by atoms with van der Waals surface area (Å²) in [6.45, 7) is 2.66. The van der Waals surface area contributed by atoms with Gasteiger partial charge in [-0.15, -0.1) is 0 Å². The molecule has 0 atom stereocenters. The SMILES string of the molecule is CCOc1ccc2cc3ccccc3nc2c1. The number of fused-ring (bicyclic) bond motifs is 2. The summed E-state index contributed by atoms with van der Waals surface area (Å²) in [7, 11) is 0. The molecule has 0 bridgehead atoms. The lowest BCUT2D eigenvalue weighted by molar-refractivity contribution is 0.340. The molecule has 84 valence electrons. The Balaban J connectivity index is 2.25. The maximum Gasteiger partial charge on any atom is 0.121 e. The summed E-state index contributed by atoms with van der Waals surface area (Å²) in [5.74, 6) is 0.878. The minimum atomic E-state index is 0.680. The van der Waals surface area contributed by atoms with Crippen LogP contribution in [0.2, 0.25) is 0 Å². The first kappa shape index (κ1) is 10.1. The molecule has 0 amide bonds. The molecule has 0 saturated carbocycles. The molecule has 0 saturated heterocycles. The van der Waals surface area contributed by atoms with Gasteiger partial charge >= 0.3 is 0 Å². The van der Waals surface area contributed by atoms with Gasteiger partial charge < -0.3 is 4.74 Å². The Hall–Kier alpha value is -2.09. The smallest absolute Gasteiger partial charge is 0.121 e. The van der Waals surface area contributed by atoms with Crippen LogP contribution in [0.15, 0.2) is 48.5 Å².